The molecule has 6 nitrogen and oxygen atoms in total. The van der Waals surface area contributed by atoms with Gasteiger partial charge >= 0.3 is 6.36 Å². The number of nitrogens with zero attached hydrogens (tertiary/aromatic N) is 1. The smallest absolute Gasteiger partial charge is 0.403 e. The Morgan fingerprint density at radius 3 is 2.29 bits per heavy atom. The van der Waals surface area contributed by atoms with Gasteiger partial charge in [-0.05, 0) is 0 Å². The minimum Gasteiger partial charge on any atom is -0.403 e. The number of hydrogen-bond acceptors (Lipinski definition) is 6. The Morgan fingerprint density at radius 1 is 1.35 bits per heavy atom. The fourth-order valence-corrected chi connectivity index (χ4v) is 1.76. The average Bonchev–Trinajstić information content (AvgIpc) is 2.06. The Morgan fingerprint density at radius 2 is 1.88 bits per heavy atom. The number of rotatable bonds is 2. The molecule has 17 heavy (non-hydrogen) atoms. The molecule has 96 valence electrons. The SMILES string of the molecule is Nc1cc(OC(F)(F)F)c(S(=O)(=O)Cl)nc1N. The highest BCUT2D eigenvalue weighted by molar-refractivity contribution is 8.13. The van der Waals surface area contributed by atoms with E-state index in [-0.39, 0.29) is 5.69 Å². The lowest BCUT2D eigenvalue weighted by atomic mass is 10.4. The first-order valence-electron chi connectivity index (χ1n) is 3.77. The molecule has 0 aliphatic carbocycles. The molecule has 0 aliphatic heterocycles. The van der Waals surface area contributed by atoms with Crippen molar-refractivity contribution < 1.29 is 26.3 Å². The zero-order valence-electron chi connectivity index (χ0n) is 7.82. The number of pyridine rings is 1. The normalized spacial score (nSPS) is 12.5. The van der Waals surface area contributed by atoms with Gasteiger partial charge in [0.05, 0.1) is 5.69 Å². The second kappa shape index (κ2) is 4.11. The molecule has 1 aromatic rings. The van der Waals surface area contributed by atoms with Crippen LogP contribution >= 0.6 is 10.7 Å². The lowest BCUT2D eigenvalue weighted by Crippen LogP contribution is -2.19. The Kier molecular flexibility index (Phi) is 3.30. The van der Waals surface area contributed by atoms with Crippen LogP contribution in [0.5, 0.6) is 5.75 Å². The van der Waals surface area contributed by atoms with Gasteiger partial charge in [-0.15, -0.1) is 13.2 Å². The van der Waals surface area contributed by atoms with Crippen LogP contribution < -0.4 is 16.2 Å². The summed E-state index contributed by atoms with van der Waals surface area (Å²) in [6.45, 7) is 0. The summed E-state index contributed by atoms with van der Waals surface area (Å²) in [5.41, 5.74) is 9.97. The maximum Gasteiger partial charge on any atom is 0.573 e. The van der Waals surface area contributed by atoms with Crippen molar-refractivity contribution >= 4 is 31.2 Å². The second-order valence-electron chi connectivity index (χ2n) is 2.75. The molecule has 4 N–H and O–H groups in total. The van der Waals surface area contributed by atoms with Crippen LogP contribution in [0.3, 0.4) is 0 Å². The summed E-state index contributed by atoms with van der Waals surface area (Å²) in [6, 6.07) is 0.574. The zero-order chi connectivity index (χ0) is 13.4. The van der Waals surface area contributed by atoms with Crippen LogP contribution in [0.4, 0.5) is 24.7 Å². The third-order valence-corrected chi connectivity index (χ3v) is 2.66. The molecule has 0 bridgehead atoms. The number of nitrogen functional groups attached to an aromatic ring is 2. The first kappa shape index (κ1) is 13.6. The molecule has 0 aliphatic rings. The van der Waals surface area contributed by atoms with E-state index in [1.54, 1.807) is 0 Å². The van der Waals surface area contributed by atoms with Gasteiger partial charge in [-0.25, -0.2) is 13.4 Å². The molecule has 0 aromatic carbocycles. The van der Waals surface area contributed by atoms with Crippen LogP contribution in [-0.4, -0.2) is 19.8 Å². The van der Waals surface area contributed by atoms with Gasteiger partial charge in [0, 0.05) is 16.7 Å². The van der Waals surface area contributed by atoms with Crippen LogP contribution in [-0.2, 0) is 9.05 Å². The van der Waals surface area contributed by atoms with Gasteiger partial charge in [-0.2, -0.15) is 0 Å². The monoisotopic (exact) mass is 291 g/mol. The predicted molar refractivity (Wildman–Crippen MR) is 52.8 cm³/mol. The molecule has 0 spiro atoms. The molecule has 0 unspecified atom stereocenters. The van der Waals surface area contributed by atoms with Gasteiger partial charge in [-0.3, -0.25) is 0 Å². The van der Waals surface area contributed by atoms with Crippen LogP contribution in [0.15, 0.2) is 11.1 Å². The quantitative estimate of drug-likeness (QED) is 0.789. The molecule has 0 radical (unpaired) electrons. The summed E-state index contributed by atoms with van der Waals surface area (Å²) in [4.78, 5) is 3.14. The Hall–Kier alpha value is -1.42. The molecule has 0 atom stereocenters. The topological polar surface area (TPSA) is 108 Å². The minimum absolute atomic E-state index is 0.367. The van der Waals surface area contributed by atoms with Crippen molar-refractivity contribution in [1.29, 1.82) is 0 Å². The van der Waals surface area contributed by atoms with E-state index in [2.05, 4.69) is 9.72 Å². The van der Waals surface area contributed by atoms with Crippen LogP contribution in [0.2, 0.25) is 0 Å². The summed E-state index contributed by atoms with van der Waals surface area (Å²) in [5, 5.41) is -1.15. The lowest BCUT2D eigenvalue weighted by molar-refractivity contribution is -0.275. The number of aromatic nitrogens is 1. The molecule has 1 aromatic heterocycles. The number of nitrogens with two attached hydrogens (primary N) is 2. The second-order valence-corrected chi connectivity index (χ2v) is 5.23. The number of alkyl halides is 3. The first-order chi connectivity index (χ1) is 7.50. The standard InChI is InChI=1S/C6H5ClF3N3O3S/c7-17(14,15)5-3(16-6(8,9)10)1-2(11)4(12)13-5/h1H,11H2,(H2,12,13). The largest absolute Gasteiger partial charge is 0.573 e. The summed E-state index contributed by atoms with van der Waals surface area (Å²) < 4.78 is 61.3. The zero-order valence-corrected chi connectivity index (χ0v) is 9.40. The minimum atomic E-state index is -5.11. The summed E-state index contributed by atoms with van der Waals surface area (Å²) in [7, 11) is 0.338. The molecule has 0 amide bonds. The first-order valence-corrected chi connectivity index (χ1v) is 6.08. The van der Waals surface area contributed by atoms with Gasteiger partial charge < -0.3 is 16.2 Å². The summed E-state index contributed by atoms with van der Waals surface area (Å²) in [6.07, 6.45) is -5.11. The van der Waals surface area contributed by atoms with Crippen molar-refractivity contribution in [2.45, 2.75) is 11.4 Å². The van der Waals surface area contributed by atoms with E-state index in [4.69, 9.17) is 22.1 Å². The van der Waals surface area contributed by atoms with Gasteiger partial charge in [0.25, 0.3) is 9.05 Å². The van der Waals surface area contributed by atoms with Gasteiger partial charge in [0.1, 0.15) is 5.82 Å². The molecule has 1 rings (SSSR count). The molecule has 0 saturated heterocycles. The molecular weight excluding hydrogens is 287 g/mol. The van der Waals surface area contributed by atoms with Gasteiger partial charge in [0.15, 0.2) is 5.75 Å². The molecular formula is C6H5ClF3N3O3S. The average molecular weight is 292 g/mol. The van der Waals surface area contributed by atoms with Crippen LogP contribution in [0.1, 0.15) is 0 Å². The van der Waals surface area contributed by atoms with Crippen molar-refractivity contribution in [2.24, 2.45) is 0 Å². The third kappa shape index (κ3) is 3.53. The fraction of sp³-hybridized carbons (Fsp3) is 0.167. The number of halogens is 4. The van der Waals surface area contributed by atoms with Crippen molar-refractivity contribution in [3.05, 3.63) is 6.07 Å². The summed E-state index contributed by atoms with van der Waals surface area (Å²) >= 11 is 0. The van der Waals surface area contributed by atoms with Crippen LogP contribution in [0.25, 0.3) is 0 Å². The Bertz CT molecular complexity index is 545. The molecule has 0 saturated carbocycles. The van der Waals surface area contributed by atoms with Crippen molar-refractivity contribution in [1.82, 2.24) is 4.98 Å². The highest BCUT2D eigenvalue weighted by Gasteiger charge is 2.35. The van der Waals surface area contributed by atoms with E-state index < -0.39 is 32.0 Å². The van der Waals surface area contributed by atoms with E-state index in [0.29, 0.717) is 6.07 Å². The molecule has 1 heterocycles. The van der Waals surface area contributed by atoms with E-state index in [0.717, 1.165) is 0 Å². The van der Waals surface area contributed by atoms with Crippen molar-refractivity contribution in [3.8, 4) is 5.75 Å². The van der Waals surface area contributed by atoms with Gasteiger partial charge in [-0.1, -0.05) is 0 Å². The van der Waals surface area contributed by atoms with E-state index in [9.17, 15) is 21.6 Å². The Labute approximate surface area is 97.7 Å². The molecule has 0 fully saturated rings. The van der Waals surface area contributed by atoms with Crippen molar-refractivity contribution in [2.75, 3.05) is 11.5 Å². The Balaban J connectivity index is 3.42. The number of ether oxygens (including phenoxy) is 1. The lowest BCUT2D eigenvalue weighted by Gasteiger charge is -2.12. The fourth-order valence-electron chi connectivity index (χ4n) is 0.878. The van der Waals surface area contributed by atoms with Crippen LogP contribution in [0, 0.1) is 0 Å². The van der Waals surface area contributed by atoms with E-state index in [1.807, 2.05) is 0 Å². The van der Waals surface area contributed by atoms with E-state index >= 15 is 0 Å². The highest BCUT2D eigenvalue weighted by Crippen LogP contribution is 2.33. The van der Waals surface area contributed by atoms with Gasteiger partial charge in [0.2, 0.25) is 5.03 Å². The van der Waals surface area contributed by atoms with E-state index in [1.165, 1.54) is 0 Å². The highest BCUT2D eigenvalue weighted by atomic mass is 35.7. The van der Waals surface area contributed by atoms with Crippen molar-refractivity contribution in [3.63, 3.8) is 0 Å². The maximum absolute atomic E-state index is 12.0. The number of anilines is 2. The maximum atomic E-state index is 12.0. The molecule has 11 heteroatoms. The third-order valence-electron chi connectivity index (χ3n) is 1.47. The predicted octanol–water partition coefficient (Wildman–Crippen LogP) is 1.07. The summed E-state index contributed by atoms with van der Waals surface area (Å²) in [5.74, 6) is -1.61. The number of hydrogen-bond donors (Lipinski definition) is 2.